The fourth-order valence-electron chi connectivity index (χ4n) is 3.49. The molecule has 4 aromatic carbocycles. The van der Waals surface area contributed by atoms with Crippen LogP contribution in [0.15, 0.2) is 121 Å². The predicted octanol–water partition coefficient (Wildman–Crippen LogP) is 9.90. The highest BCUT2D eigenvalue weighted by atomic mass is 35.5. The van der Waals surface area contributed by atoms with E-state index in [-0.39, 0.29) is 18.2 Å². The average molecular weight is 653 g/mol. The van der Waals surface area contributed by atoms with Gasteiger partial charge < -0.3 is 14.8 Å². The van der Waals surface area contributed by atoms with Crippen molar-refractivity contribution in [1.82, 2.24) is 0 Å². The molecule has 1 N–H and O–H groups in total. The normalized spacial score (nSPS) is 9.88. The summed E-state index contributed by atoms with van der Waals surface area (Å²) in [5.74, 6) is -0.721. The van der Waals surface area contributed by atoms with E-state index in [1.807, 2.05) is 109 Å². The Morgan fingerprint density at radius 2 is 0.860 bits per heavy atom. The lowest BCUT2D eigenvalue weighted by molar-refractivity contribution is -0.138. The molecule has 4 rings (SSSR count). The van der Waals surface area contributed by atoms with E-state index < -0.39 is 10.7 Å². The first-order chi connectivity index (χ1) is 19.9. The summed E-state index contributed by atoms with van der Waals surface area (Å²) in [6.07, 6.45) is 0. The van der Waals surface area contributed by atoms with Crippen LogP contribution in [0.5, 0.6) is 0 Å². The number of carboxylic acids is 1. The largest absolute Gasteiger partial charge is 0.480 e. The molecule has 5 nitrogen and oxygen atoms in total. The van der Waals surface area contributed by atoms with Crippen LogP contribution in [0.2, 0.25) is 0 Å². The third-order valence-electron chi connectivity index (χ3n) is 5.41. The van der Waals surface area contributed by atoms with Crippen LogP contribution in [-0.2, 0) is 9.59 Å². The molecule has 0 atom stereocenters. The van der Waals surface area contributed by atoms with Crippen molar-refractivity contribution in [2.24, 2.45) is 0 Å². The summed E-state index contributed by atoms with van der Waals surface area (Å²) in [7, 11) is 0. The molecule has 0 saturated carbocycles. The highest BCUT2D eigenvalue weighted by Crippen LogP contribution is 2.34. The van der Waals surface area contributed by atoms with Crippen molar-refractivity contribution >= 4 is 92.4 Å². The first-order valence-corrected chi connectivity index (χ1v) is 14.8. The molecule has 0 saturated heterocycles. The third kappa shape index (κ3) is 12.7. The number of aliphatic carboxylic acids is 1. The van der Waals surface area contributed by atoms with Gasteiger partial charge in [0.15, 0.2) is 0 Å². The van der Waals surface area contributed by atoms with Crippen LogP contribution < -0.4 is 9.80 Å². The van der Waals surface area contributed by atoms with Crippen molar-refractivity contribution in [2.45, 2.75) is 39.4 Å². The van der Waals surface area contributed by atoms with E-state index in [1.165, 1.54) is 25.6 Å². The zero-order valence-electron chi connectivity index (χ0n) is 24.8. The molecular formula is C34H37ClN2O3S3. The minimum atomic E-state index is -0.987. The van der Waals surface area contributed by atoms with Crippen molar-refractivity contribution < 1.29 is 14.7 Å². The molecule has 0 aromatic heterocycles. The molecule has 43 heavy (non-hydrogen) atoms. The van der Waals surface area contributed by atoms with Crippen LogP contribution >= 0.6 is 48.6 Å². The summed E-state index contributed by atoms with van der Waals surface area (Å²) in [4.78, 5) is 25.6. The van der Waals surface area contributed by atoms with Gasteiger partial charge >= 0.3 is 5.97 Å². The van der Waals surface area contributed by atoms with Crippen molar-refractivity contribution in [3.8, 4) is 0 Å². The minimum absolute atomic E-state index is 0. The third-order valence-corrected chi connectivity index (χ3v) is 7.07. The van der Waals surface area contributed by atoms with Crippen molar-refractivity contribution in [2.75, 3.05) is 9.80 Å². The highest BCUT2D eigenvalue weighted by Gasteiger charge is 2.32. The molecule has 226 valence electrons. The summed E-state index contributed by atoms with van der Waals surface area (Å²) in [6.45, 7) is 8.30. The number of rotatable bonds is 6. The topological polar surface area (TPSA) is 60.9 Å². The molecule has 9 heteroatoms. The van der Waals surface area contributed by atoms with E-state index in [0.717, 1.165) is 27.7 Å². The van der Waals surface area contributed by atoms with Crippen molar-refractivity contribution in [3.05, 3.63) is 121 Å². The number of Topliss-reactive ketones (excluding diaryl/α,β-unsaturated/α-hetero) is 1. The van der Waals surface area contributed by atoms with Crippen LogP contribution in [0.25, 0.3) is 0 Å². The standard InChI is InChI=1S/C17H17NO2S2.C14H13NS.C3H6O.ClH/c1-17(2,15(19)20)22-16(21)18(13-9-5-3-6-10-13)14-11-7-4-8-12-14;1-12(16)15(13-8-4-2-5-9-13)14-10-6-3-7-11-14;1-3(2)4;/h3-12H,1-2H3,(H,19,20);2-11H,1H3;1-2H3;1H. The van der Waals surface area contributed by atoms with Crippen LogP contribution in [0, 0.1) is 0 Å². The summed E-state index contributed by atoms with van der Waals surface area (Å²) in [5, 5.41) is 9.31. The Kier molecular flexibility index (Phi) is 16.4. The summed E-state index contributed by atoms with van der Waals surface area (Å²) in [6, 6.07) is 39.7. The zero-order valence-corrected chi connectivity index (χ0v) is 28.1. The SMILES string of the molecule is CC(=S)N(c1ccccc1)c1ccccc1.CC(C)(SC(=S)N(c1ccccc1)c1ccccc1)C(=O)O.CC(C)=O.Cl. The van der Waals surface area contributed by atoms with Gasteiger partial charge in [0.25, 0.3) is 0 Å². The highest BCUT2D eigenvalue weighted by molar-refractivity contribution is 8.24. The lowest BCUT2D eigenvalue weighted by Crippen LogP contribution is -2.33. The fourth-order valence-corrected chi connectivity index (χ4v) is 5.36. The Morgan fingerprint density at radius 1 is 0.605 bits per heavy atom. The first-order valence-electron chi connectivity index (χ1n) is 13.2. The molecule has 0 aliphatic rings. The number of carbonyl (C=O) groups excluding carboxylic acids is 1. The van der Waals surface area contributed by atoms with Gasteiger partial charge in [0, 0.05) is 22.7 Å². The number of thiocarbonyl (C=S) groups is 2. The summed E-state index contributed by atoms with van der Waals surface area (Å²) >= 11 is 12.0. The van der Waals surface area contributed by atoms with Gasteiger partial charge in [-0.3, -0.25) is 9.69 Å². The lowest BCUT2D eigenvalue weighted by atomic mass is 10.2. The molecule has 0 amide bonds. The molecule has 0 aliphatic carbocycles. The van der Waals surface area contributed by atoms with Gasteiger partial charge in [-0.05, 0) is 83.1 Å². The fraction of sp³-hybridized carbons (Fsp3) is 0.176. The number of hydrogen-bond donors (Lipinski definition) is 1. The Bertz CT molecular complexity index is 1360. The summed E-state index contributed by atoms with van der Waals surface area (Å²) in [5.41, 5.74) is 4.02. The van der Waals surface area contributed by atoms with E-state index in [0.29, 0.717) is 4.32 Å². The number of anilines is 4. The van der Waals surface area contributed by atoms with Gasteiger partial charge in [-0.1, -0.05) is 109 Å². The second kappa shape index (κ2) is 18.9. The maximum absolute atomic E-state index is 11.4. The Morgan fingerprint density at radius 3 is 1.09 bits per heavy atom. The first kappa shape index (κ1) is 37.5. The zero-order chi connectivity index (χ0) is 31.1. The quantitative estimate of drug-likeness (QED) is 0.207. The van der Waals surface area contributed by atoms with E-state index in [1.54, 1.807) is 13.8 Å². The molecule has 0 spiro atoms. The smallest absolute Gasteiger partial charge is 0.319 e. The van der Waals surface area contributed by atoms with Crippen LogP contribution in [-0.4, -0.2) is 30.9 Å². The maximum atomic E-state index is 11.4. The Labute approximate surface area is 276 Å². The van der Waals surface area contributed by atoms with Crippen molar-refractivity contribution in [1.29, 1.82) is 0 Å². The number of hydrogen-bond acceptors (Lipinski definition) is 5. The molecule has 0 radical (unpaired) electrons. The molecule has 0 aliphatic heterocycles. The molecular weight excluding hydrogens is 616 g/mol. The van der Waals surface area contributed by atoms with Gasteiger partial charge in [0.1, 0.15) is 14.9 Å². The van der Waals surface area contributed by atoms with Gasteiger partial charge in [-0.15, -0.1) is 12.4 Å². The van der Waals surface area contributed by atoms with E-state index in [4.69, 9.17) is 24.4 Å². The number of halogens is 1. The second-order valence-electron chi connectivity index (χ2n) is 9.62. The van der Waals surface area contributed by atoms with Crippen LogP contribution in [0.1, 0.15) is 34.6 Å². The van der Waals surface area contributed by atoms with Gasteiger partial charge in [-0.25, -0.2) is 0 Å². The van der Waals surface area contributed by atoms with Crippen molar-refractivity contribution in [3.63, 3.8) is 0 Å². The molecule has 4 aromatic rings. The average Bonchev–Trinajstić information content (AvgIpc) is 2.95. The van der Waals surface area contributed by atoms with Gasteiger partial charge in [0.05, 0.1) is 4.99 Å². The minimum Gasteiger partial charge on any atom is -0.480 e. The number of carboxylic acid groups (broad SMARTS) is 1. The number of carbonyl (C=O) groups is 2. The number of para-hydroxylation sites is 4. The van der Waals surface area contributed by atoms with Gasteiger partial charge in [0.2, 0.25) is 0 Å². The number of ketones is 1. The van der Waals surface area contributed by atoms with Gasteiger partial charge in [-0.2, -0.15) is 0 Å². The van der Waals surface area contributed by atoms with E-state index in [2.05, 4.69) is 29.2 Å². The molecule has 0 bridgehead atoms. The molecule has 0 unspecified atom stereocenters. The lowest BCUT2D eigenvalue weighted by Gasteiger charge is -2.28. The Balaban J connectivity index is 0.000000387. The second-order valence-corrected chi connectivity index (χ2v) is 12.5. The van der Waals surface area contributed by atoms with E-state index >= 15 is 0 Å². The predicted molar refractivity (Wildman–Crippen MR) is 194 cm³/mol. The Hall–Kier alpha value is -3.56. The molecule has 0 fully saturated rings. The number of thioether (sulfide) groups is 1. The monoisotopic (exact) mass is 652 g/mol. The number of benzene rings is 4. The van der Waals surface area contributed by atoms with Crippen LogP contribution in [0.3, 0.4) is 0 Å². The number of nitrogens with zero attached hydrogens (tertiary/aromatic N) is 2. The van der Waals surface area contributed by atoms with Crippen LogP contribution in [0.4, 0.5) is 22.7 Å². The van der Waals surface area contributed by atoms with E-state index in [9.17, 15) is 14.7 Å². The maximum Gasteiger partial charge on any atom is 0.319 e. The molecule has 0 heterocycles. The summed E-state index contributed by atoms with van der Waals surface area (Å²) < 4.78 is -0.483.